The SMILES string of the molecule is COc1ccccc1Nc1nc(C)ccc1N. The fourth-order valence-corrected chi connectivity index (χ4v) is 1.54. The summed E-state index contributed by atoms with van der Waals surface area (Å²) in [5, 5.41) is 3.17. The van der Waals surface area contributed by atoms with E-state index in [1.54, 1.807) is 7.11 Å². The molecule has 0 radical (unpaired) electrons. The number of rotatable bonds is 3. The Morgan fingerprint density at radius 3 is 2.71 bits per heavy atom. The fourth-order valence-electron chi connectivity index (χ4n) is 1.54. The van der Waals surface area contributed by atoms with E-state index in [9.17, 15) is 0 Å². The average Bonchev–Trinajstić information content (AvgIpc) is 2.34. The zero-order valence-electron chi connectivity index (χ0n) is 9.90. The van der Waals surface area contributed by atoms with Gasteiger partial charge in [0.15, 0.2) is 5.82 Å². The molecule has 4 nitrogen and oxygen atoms in total. The lowest BCUT2D eigenvalue weighted by Crippen LogP contribution is -2.01. The minimum atomic E-state index is 0.613. The molecule has 0 spiro atoms. The van der Waals surface area contributed by atoms with E-state index in [0.29, 0.717) is 11.5 Å². The highest BCUT2D eigenvalue weighted by atomic mass is 16.5. The van der Waals surface area contributed by atoms with Gasteiger partial charge in [0.2, 0.25) is 0 Å². The van der Waals surface area contributed by atoms with Gasteiger partial charge in [0.1, 0.15) is 5.75 Å². The first-order chi connectivity index (χ1) is 8.20. The molecule has 1 aromatic heterocycles. The van der Waals surface area contributed by atoms with Crippen LogP contribution in [0.15, 0.2) is 36.4 Å². The van der Waals surface area contributed by atoms with Crippen LogP contribution in [0.2, 0.25) is 0 Å². The molecule has 1 aromatic carbocycles. The minimum absolute atomic E-state index is 0.613. The Balaban J connectivity index is 2.34. The van der Waals surface area contributed by atoms with Crippen LogP contribution in [0, 0.1) is 6.92 Å². The number of aromatic nitrogens is 1. The third-order valence-corrected chi connectivity index (χ3v) is 2.43. The maximum absolute atomic E-state index is 5.86. The largest absolute Gasteiger partial charge is 0.495 e. The van der Waals surface area contributed by atoms with Crippen LogP contribution < -0.4 is 15.8 Å². The number of ether oxygens (including phenoxy) is 1. The first-order valence-electron chi connectivity index (χ1n) is 5.34. The van der Waals surface area contributed by atoms with Gasteiger partial charge in [-0.05, 0) is 31.2 Å². The van der Waals surface area contributed by atoms with E-state index in [1.165, 1.54) is 0 Å². The number of nitrogens with one attached hydrogen (secondary N) is 1. The zero-order valence-corrected chi connectivity index (χ0v) is 9.90. The molecule has 88 valence electrons. The van der Waals surface area contributed by atoms with E-state index in [0.717, 1.165) is 17.1 Å². The molecule has 0 aliphatic rings. The Hall–Kier alpha value is -2.23. The van der Waals surface area contributed by atoms with E-state index in [1.807, 2.05) is 43.3 Å². The van der Waals surface area contributed by atoms with E-state index < -0.39 is 0 Å². The van der Waals surface area contributed by atoms with Crippen LogP contribution in [0.25, 0.3) is 0 Å². The molecule has 0 unspecified atom stereocenters. The Kier molecular flexibility index (Phi) is 3.14. The van der Waals surface area contributed by atoms with Gasteiger partial charge in [0, 0.05) is 5.69 Å². The molecule has 0 saturated carbocycles. The monoisotopic (exact) mass is 229 g/mol. The Morgan fingerprint density at radius 2 is 1.94 bits per heavy atom. The minimum Gasteiger partial charge on any atom is -0.495 e. The number of nitrogen functional groups attached to an aromatic ring is 1. The third kappa shape index (κ3) is 2.47. The number of methoxy groups -OCH3 is 1. The van der Waals surface area contributed by atoms with E-state index in [4.69, 9.17) is 10.5 Å². The first-order valence-corrected chi connectivity index (χ1v) is 5.34. The van der Waals surface area contributed by atoms with Gasteiger partial charge in [-0.25, -0.2) is 4.98 Å². The van der Waals surface area contributed by atoms with Crippen molar-refractivity contribution in [2.24, 2.45) is 0 Å². The van der Waals surface area contributed by atoms with E-state index >= 15 is 0 Å². The average molecular weight is 229 g/mol. The van der Waals surface area contributed by atoms with Crippen molar-refractivity contribution in [1.82, 2.24) is 4.98 Å². The number of nitrogens with two attached hydrogens (primary N) is 1. The summed E-state index contributed by atoms with van der Waals surface area (Å²) >= 11 is 0. The van der Waals surface area contributed by atoms with Gasteiger partial charge in [0.25, 0.3) is 0 Å². The highest BCUT2D eigenvalue weighted by molar-refractivity contribution is 5.72. The fraction of sp³-hybridized carbons (Fsp3) is 0.154. The molecule has 0 atom stereocenters. The molecule has 17 heavy (non-hydrogen) atoms. The molecule has 3 N–H and O–H groups in total. The van der Waals surface area contributed by atoms with Gasteiger partial charge in [0.05, 0.1) is 18.5 Å². The molecule has 0 bridgehead atoms. The standard InChI is InChI=1S/C13H15N3O/c1-9-7-8-10(14)13(15-9)16-11-5-3-4-6-12(11)17-2/h3-8H,14H2,1-2H3,(H,15,16). The van der Waals surface area contributed by atoms with Crippen molar-refractivity contribution in [3.63, 3.8) is 0 Å². The van der Waals surface area contributed by atoms with Gasteiger partial charge in [-0.15, -0.1) is 0 Å². The lowest BCUT2D eigenvalue weighted by Gasteiger charge is -2.12. The lowest BCUT2D eigenvalue weighted by atomic mass is 10.2. The summed E-state index contributed by atoms with van der Waals surface area (Å²) < 4.78 is 5.26. The summed E-state index contributed by atoms with van der Waals surface area (Å²) in [6.45, 7) is 1.92. The second kappa shape index (κ2) is 4.74. The van der Waals surface area contributed by atoms with Crippen LogP contribution in [-0.4, -0.2) is 12.1 Å². The van der Waals surface area contributed by atoms with Gasteiger partial charge in [-0.2, -0.15) is 0 Å². The molecular formula is C13H15N3O. The molecular weight excluding hydrogens is 214 g/mol. The van der Waals surface area contributed by atoms with Crippen molar-refractivity contribution in [3.8, 4) is 5.75 Å². The molecule has 4 heteroatoms. The number of benzene rings is 1. The van der Waals surface area contributed by atoms with Crippen molar-refractivity contribution in [2.75, 3.05) is 18.2 Å². The number of para-hydroxylation sites is 2. The summed E-state index contributed by atoms with van der Waals surface area (Å²) in [5.74, 6) is 1.41. The molecule has 2 aromatic rings. The van der Waals surface area contributed by atoms with Crippen molar-refractivity contribution in [3.05, 3.63) is 42.1 Å². The van der Waals surface area contributed by atoms with Gasteiger partial charge >= 0.3 is 0 Å². The predicted molar refractivity (Wildman–Crippen MR) is 69.7 cm³/mol. The summed E-state index contributed by atoms with van der Waals surface area (Å²) in [6.07, 6.45) is 0. The quantitative estimate of drug-likeness (QED) is 0.849. The normalized spacial score (nSPS) is 10.0. The maximum atomic E-state index is 5.86. The second-order valence-electron chi connectivity index (χ2n) is 3.72. The molecule has 0 saturated heterocycles. The smallest absolute Gasteiger partial charge is 0.153 e. The molecule has 0 fully saturated rings. The Labute approximate surface area is 100 Å². The third-order valence-electron chi connectivity index (χ3n) is 2.43. The molecule has 0 amide bonds. The summed E-state index contributed by atoms with van der Waals surface area (Å²) in [5.41, 5.74) is 8.24. The number of hydrogen-bond donors (Lipinski definition) is 2. The van der Waals surface area contributed by atoms with Gasteiger partial charge < -0.3 is 15.8 Å². The van der Waals surface area contributed by atoms with Crippen LogP contribution in [0.3, 0.4) is 0 Å². The van der Waals surface area contributed by atoms with E-state index in [2.05, 4.69) is 10.3 Å². The predicted octanol–water partition coefficient (Wildman–Crippen LogP) is 2.72. The number of anilines is 3. The van der Waals surface area contributed by atoms with Crippen molar-refractivity contribution in [2.45, 2.75) is 6.92 Å². The Bertz CT molecular complexity index is 526. The molecule has 1 heterocycles. The number of aryl methyl sites for hydroxylation is 1. The van der Waals surface area contributed by atoms with Crippen LogP contribution in [0.4, 0.5) is 17.2 Å². The maximum Gasteiger partial charge on any atom is 0.153 e. The second-order valence-corrected chi connectivity index (χ2v) is 3.72. The van der Waals surface area contributed by atoms with Crippen molar-refractivity contribution < 1.29 is 4.74 Å². The van der Waals surface area contributed by atoms with Crippen LogP contribution in [0.1, 0.15) is 5.69 Å². The van der Waals surface area contributed by atoms with E-state index in [-0.39, 0.29) is 0 Å². The highest BCUT2D eigenvalue weighted by Crippen LogP contribution is 2.28. The van der Waals surface area contributed by atoms with Crippen molar-refractivity contribution >= 4 is 17.2 Å². The van der Waals surface area contributed by atoms with Crippen LogP contribution in [0.5, 0.6) is 5.75 Å². The van der Waals surface area contributed by atoms with Gasteiger partial charge in [-0.1, -0.05) is 12.1 Å². The first kappa shape index (κ1) is 11.3. The molecule has 0 aliphatic heterocycles. The number of hydrogen-bond acceptors (Lipinski definition) is 4. The van der Waals surface area contributed by atoms with Crippen LogP contribution in [-0.2, 0) is 0 Å². The highest BCUT2D eigenvalue weighted by Gasteiger charge is 2.05. The topological polar surface area (TPSA) is 60.2 Å². The summed E-state index contributed by atoms with van der Waals surface area (Å²) in [4.78, 5) is 4.35. The molecule has 2 rings (SSSR count). The number of pyridine rings is 1. The molecule has 0 aliphatic carbocycles. The van der Waals surface area contributed by atoms with Crippen molar-refractivity contribution in [1.29, 1.82) is 0 Å². The summed E-state index contributed by atoms with van der Waals surface area (Å²) in [6, 6.07) is 11.4. The van der Waals surface area contributed by atoms with Gasteiger partial charge in [-0.3, -0.25) is 0 Å². The summed E-state index contributed by atoms with van der Waals surface area (Å²) in [7, 11) is 1.63. The Morgan fingerprint density at radius 1 is 1.18 bits per heavy atom. The lowest BCUT2D eigenvalue weighted by molar-refractivity contribution is 0.417. The number of nitrogens with zero attached hydrogens (tertiary/aromatic N) is 1. The van der Waals surface area contributed by atoms with Crippen LogP contribution >= 0.6 is 0 Å². The zero-order chi connectivity index (χ0) is 12.3.